The first-order valence-corrected chi connectivity index (χ1v) is 9.62. The fraction of sp³-hybridized carbons (Fsp3) is 0.348. The topological polar surface area (TPSA) is 33.1 Å². The number of nitrogens with zero attached hydrogens (tertiary/aromatic N) is 3. The molecule has 0 unspecified atom stereocenters. The molecule has 0 fully saturated rings. The van der Waals surface area contributed by atoms with E-state index in [0.29, 0.717) is 6.04 Å². The Morgan fingerprint density at radius 2 is 1.74 bits per heavy atom. The number of hydrogen-bond donors (Lipinski definition) is 1. The molecule has 27 heavy (non-hydrogen) atoms. The van der Waals surface area contributed by atoms with Crippen molar-refractivity contribution in [2.24, 2.45) is 0 Å². The lowest BCUT2D eigenvalue weighted by Crippen LogP contribution is -2.25. The first-order chi connectivity index (χ1) is 13.0. The minimum absolute atomic E-state index is 0.552. The van der Waals surface area contributed by atoms with Gasteiger partial charge >= 0.3 is 0 Å². The van der Waals surface area contributed by atoms with E-state index in [1.165, 1.54) is 16.7 Å². The van der Waals surface area contributed by atoms with Gasteiger partial charge in [0.25, 0.3) is 0 Å². The van der Waals surface area contributed by atoms with Crippen molar-refractivity contribution in [3.8, 4) is 5.69 Å². The van der Waals surface area contributed by atoms with E-state index in [1.807, 2.05) is 22.9 Å². The van der Waals surface area contributed by atoms with Gasteiger partial charge in [0.1, 0.15) is 0 Å². The second-order valence-corrected chi connectivity index (χ2v) is 7.45. The highest BCUT2D eigenvalue weighted by molar-refractivity contribution is 5.32. The summed E-state index contributed by atoms with van der Waals surface area (Å²) in [6.07, 6.45) is 2.12. The van der Waals surface area contributed by atoms with E-state index < -0.39 is 0 Å². The molecule has 3 rings (SSSR count). The lowest BCUT2D eigenvalue weighted by atomic mass is 10.1. The van der Waals surface area contributed by atoms with Crippen LogP contribution in [0.3, 0.4) is 0 Å². The Labute approximate surface area is 162 Å². The third kappa shape index (κ3) is 5.28. The van der Waals surface area contributed by atoms with Crippen molar-refractivity contribution < 1.29 is 0 Å². The molecule has 1 aromatic heterocycles. The summed E-state index contributed by atoms with van der Waals surface area (Å²) in [6, 6.07) is 19.6. The first kappa shape index (κ1) is 19.3. The molecule has 1 heterocycles. The second kappa shape index (κ2) is 8.98. The van der Waals surface area contributed by atoms with E-state index in [0.717, 1.165) is 31.0 Å². The van der Waals surface area contributed by atoms with Crippen LogP contribution in [0.5, 0.6) is 0 Å². The summed E-state index contributed by atoms with van der Waals surface area (Å²) >= 11 is 0. The van der Waals surface area contributed by atoms with Crippen LogP contribution in [-0.4, -0.2) is 27.8 Å². The van der Waals surface area contributed by atoms with Crippen molar-refractivity contribution in [1.29, 1.82) is 0 Å². The average molecular weight is 363 g/mol. The van der Waals surface area contributed by atoms with E-state index >= 15 is 0 Å². The van der Waals surface area contributed by atoms with Gasteiger partial charge in [-0.2, -0.15) is 5.10 Å². The van der Waals surface area contributed by atoms with Gasteiger partial charge in [-0.3, -0.25) is 4.90 Å². The Hall–Kier alpha value is -2.43. The van der Waals surface area contributed by atoms with Gasteiger partial charge in [0, 0.05) is 37.4 Å². The minimum atomic E-state index is 0.552. The highest BCUT2D eigenvalue weighted by atomic mass is 15.3. The number of rotatable bonds is 8. The summed E-state index contributed by atoms with van der Waals surface area (Å²) in [7, 11) is 2.17. The van der Waals surface area contributed by atoms with Crippen LogP contribution < -0.4 is 5.32 Å². The highest BCUT2D eigenvalue weighted by Crippen LogP contribution is 2.13. The molecule has 0 saturated heterocycles. The lowest BCUT2D eigenvalue weighted by Gasteiger charge is -2.21. The molecule has 0 saturated carbocycles. The Morgan fingerprint density at radius 1 is 1.00 bits per heavy atom. The zero-order valence-electron chi connectivity index (χ0n) is 16.8. The standard InChI is InChI=1S/C23H30N4/c1-18(2)26(4)16-21-10-8-9-20(13-21)14-24-15-22-17-27(25-19(22)3)23-11-6-5-7-12-23/h5-13,17-18,24H,14-16H2,1-4H3. The molecule has 0 aliphatic carbocycles. The largest absolute Gasteiger partial charge is 0.308 e. The Balaban J connectivity index is 1.58. The number of aryl methyl sites for hydroxylation is 1. The smallest absolute Gasteiger partial charge is 0.0645 e. The SMILES string of the molecule is Cc1nn(-c2ccccc2)cc1CNCc1cccc(CN(C)C(C)C)c1. The van der Waals surface area contributed by atoms with Crippen LogP contribution in [0.2, 0.25) is 0 Å². The molecule has 0 amide bonds. The van der Waals surface area contributed by atoms with Crippen molar-refractivity contribution in [1.82, 2.24) is 20.0 Å². The first-order valence-electron chi connectivity index (χ1n) is 9.62. The van der Waals surface area contributed by atoms with Crippen molar-refractivity contribution in [3.05, 3.63) is 83.2 Å². The van der Waals surface area contributed by atoms with Gasteiger partial charge in [-0.25, -0.2) is 4.68 Å². The molecule has 3 aromatic rings. The van der Waals surface area contributed by atoms with Crippen LogP contribution >= 0.6 is 0 Å². The molecule has 0 radical (unpaired) electrons. The fourth-order valence-electron chi connectivity index (χ4n) is 3.03. The third-order valence-corrected chi connectivity index (χ3v) is 4.97. The zero-order valence-corrected chi connectivity index (χ0v) is 16.8. The van der Waals surface area contributed by atoms with E-state index in [2.05, 4.69) is 85.7 Å². The van der Waals surface area contributed by atoms with Crippen molar-refractivity contribution >= 4 is 0 Å². The van der Waals surface area contributed by atoms with E-state index in [4.69, 9.17) is 0 Å². The lowest BCUT2D eigenvalue weighted by molar-refractivity contribution is 0.266. The maximum Gasteiger partial charge on any atom is 0.0645 e. The molecule has 0 aliphatic heterocycles. The van der Waals surface area contributed by atoms with Gasteiger partial charge in [0.2, 0.25) is 0 Å². The van der Waals surface area contributed by atoms with Crippen LogP contribution in [-0.2, 0) is 19.6 Å². The van der Waals surface area contributed by atoms with Gasteiger partial charge in [0.15, 0.2) is 0 Å². The van der Waals surface area contributed by atoms with Crippen LogP contribution in [0.4, 0.5) is 0 Å². The molecule has 0 bridgehead atoms. The van der Waals surface area contributed by atoms with Gasteiger partial charge in [-0.1, -0.05) is 42.5 Å². The monoisotopic (exact) mass is 362 g/mol. The average Bonchev–Trinajstić information content (AvgIpc) is 3.03. The number of aromatic nitrogens is 2. The normalized spacial score (nSPS) is 11.5. The molecular weight excluding hydrogens is 332 g/mol. The van der Waals surface area contributed by atoms with Gasteiger partial charge < -0.3 is 5.32 Å². The quantitative estimate of drug-likeness (QED) is 0.648. The number of hydrogen-bond acceptors (Lipinski definition) is 3. The maximum absolute atomic E-state index is 4.64. The summed E-state index contributed by atoms with van der Waals surface area (Å²) in [4.78, 5) is 2.36. The second-order valence-electron chi connectivity index (χ2n) is 7.45. The Morgan fingerprint density at radius 3 is 2.48 bits per heavy atom. The van der Waals surface area contributed by atoms with Crippen LogP contribution in [0.25, 0.3) is 5.69 Å². The number of benzene rings is 2. The maximum atomic E-state index is 4.64. The zero-order chi connectivity index (χ0) is 19.2. The van der Waals surface area contributed by atoms with E-state index in [9.17, 15) is 0 Å². The molecule has 2 aromatic carbocycles. The molecule has 4 heteroatoms. The van der Waals surface area contributed by atoms with E-state index in [-0.39, 0.29) is 0 Å². The summed E-state index contributed by atoms with van der Waals surface area (Å²) in [5.74, 6) is 0. The fourth-order valence-corrected chi connectivity index (χ4v) is 3.03. The van der Waals surface area contributed by atoms with Gasteiger partial charge in [0.05, 0.1) is 11.4 Å². The van der Waals surface area contributed by atoms with Crippen molar-refractivity contribution in [2.45, 2.75) is 46.4 Å². The van der Waals surface area contributed by atoms with Crippen LogP contribution in [0.15, 0.2) is 60.8 Å². The summed E-state index contributed by atoms with van der Waals surface area (Å²) in [5, 5.41) is 8.20. The molecule has 142 valence electrons. The Bertz CT molecular complexity index is 852. The predicted molar refractivity (Wildman–Crippen MR) is 112 cm³/mol. The summed E-state index contributed by atoms with van der Waals surface area (Å²) < 4.78 is 1.95. The van der Waals surface area contributed by atoms with Gasteiger partial charge in [-0.15, -0.1) is 0 Å². The number of nitrogens with one attached hydrogen (secondary N) is 1. The number of para-hydroxylation sites is 1. The highest BCUT2D eigenvalue weighted by Gasteiger charge is 2.07. The molecule has 4 nitrogen and oxygen atoms in total. The van der Waals surface area contributed by atoms with Crippen LogP contribution in [0, 0.1) is 6.92 Å². The van der Waals surface area contributed by atoms with Crippen molar-refractivity contribution in [3.63, 3.8) is 0 Å². The summed E-state index contributed by atoms with van der Waals surface area (Å²) in [6.45, 7) is 9.17. The Kier molecular flexibility index (Phi) is 6.43. The molecular formula is C23H30N4. The summed E-state index contributed by atoms with van der Waals surface area (Å²) in [5.41, 5.74) is 6.07. The van der Waals surface area contributed by atoms with Crippen molar-refractivity contribution in [2.75, 3.05) is 7.05 Å². The molecule has 0 spiro atoms. The van der Waals surface area contributed by atoms with Crippen LogP contribution in [0.1, 0.15) is 36.2 Å². The molecule has 1 N–H and O–H groups in total. The third-order valence-electron chi connectivity index (χ3n) is 4.97. The van der Waals surface area contributed by atoms with Gasteiger partial charge in [-0.05, 0) is 51.1 Å². The molecule has 0 atom stereocenters. The predicted octanol–water partition coefficient (Wildman–Crippen LogP) is 4.31. The van der Waals surface area contributed by atoms with E-state index in [1.54, 1.807) is 0 Å². The minimum Gasteiger partial charge on any atom is -0.308 e. The molecule has 0 aliphatic rings.